The molecule has 2 amide bonds. The van der Waals surface area contributed by atoms with Crippen molar-refractivity contribution < 1.29 is 24.2 Å². The normalized spacial score (nSPS) is 28.3. The number of thioether (sulfide) groups is 1. The number of para-hydroxylation sites is 1. The molecule has 3 heterocycles. The molecule has 2 aromatic rings. The van der Waals surface area contributed by atoms with E-state index in [1.54, 1.807) is 21.9 Å². The Hall–Kier alpha value is -2.59. The number of alkyl halides is 1. The van der Waals surface area contributed by atoms with Gasteiger partial charge in [0.15, 0.2) is 0 Å². The minimum atomic E-state index is -0.960. The van der Waals surface area contributed by atoms with Crippen molar-refractivity contribution in [3.8, 4) is 0 Å². The number of halogens is 2. The number of carbonyl (C=O) groups excluding carboxylic acids is 3. The van der Waals surface area contributed by atoms with Crippen molar-refractivity contribution in [1.29, 1.82) is 0 Å². The summed E-state index contributed by atoms with van der Waals surface area (Å²) in [4.78, 5) is 46.0. The molecule has 7 nitrogen and oxygen atoms in total. The van der Waals surface area contributed by atoms with Gasteiger partial charge in [-0.2, -0.15) is 0 Å². The summed E-state index contributed by atoms with van der Waals surface area (Å²) in [5, 5.41) is 10.9. The van der Waals surface area contributed by atoms with E-state index >= 15 is 0 Å². The van der Waals surface area contributed by atoms with Gasteiger partial charge in [-0.3, -0.25) is 14.4 Å². The first-order chi connectivity index (χ1) is 20.2. The fraction of sp³-hybridized carbons (Fsp3) is 0.406. The van der Waals surface area contributed by atoms with Crippen LogP contribution in [0.25, 0.3) is 0 Å². The van der Waals surface area contributed by atoms with Crippen LogP contribution in [0.4, 0.5) is 5.69 Å². The van der Waals surface area contributed by atoms with Gasteiger partial charge in [0.1, 0.15) is 12.6 Å². The highest BCUT2D eigenvalue weighted by atomic mass is 79.9. The van der Waals surface area contributed by atoms with E-state index in [4.69, 9.17) is 16.3 Å². The van der Waals surface area contributed by atoms with Crippen molar-refractivity contribution >= 4 is 62.8 Å². The number of benzene rings is 2. The van der Waals surface area contributed by atoms with E-state index < -0.39 is 34.6 Å². The number of hydrogen-bond donors (Lipinski definition) is 1. The Morgan fingerprint density at radius 2 is 1.98 bits per heavy atom. The van der Waals surface area contributed by atoms with E-state index in [9.17, 15) is 19.5 Å². The summed E-state index contributed by atoms with van der Waals surface area (Å²) in [7, 11) is 0. The summed E-state index contributed by atoms with van der Waals surface area (Å²) in [5.41, 5.74) is 2.28. The van der Waals surface area contributed by atoms with Gasteiger partial charge in [-0.05, 0) is 37.0 Å². The average molecular weight is 674 g/mol. The quantitative estimate of drug-likeness (QED) is 0.206. The zero-order chi connectivity index (χ0) is 30.2. The van der Waals surface area contributed by atoms with E-state index in [-0.39, 0.29) is 41.6 Å². The van der Waals surface area contributed by atoms with Gasteiger partial charge in [0.2, 0.25) is 5.91 Å². The lowest BCUT2D eigenvalue weighted by Crippen LogP contribution is -2.58. The molecular formula is C32H34BrClN2O5S. The van der Waals surface area contributed by atoms with Crippen molar-refractivity contribution in [2.75, 3.05) is 24.7 Å². The summed E-state index contributed by atoms with van der Waals surface area (Å²) >= 11 is 12.0. The number of esters is 1. The lowest BCUT2D eigenvalue weighted by atomic mass is 9.71. The number of likely N-dealkylation sites (tertiary alicyclic amines) is 1. The van der Waals surface area contributed by atoms with Crippen LogP contribution in [-0.4, -0.2) is 74.5 Å². The molecule has 3 aliphatic heterocycles. The lowest BCUT2D eigenvalue weighted by Gasteiger charge is -2.40. The maximum atomic E-state index is 14.9. The third-order valence-electron chi connectivity index (χ3n) is 8.53. The van der Waals surface area contributed by atoms with Crippen LogP contribution in [-0.2, 0) is 25.5 Å². The van der Waals surface area contributed by atoms with E-state index in [1.807, 2.05) is 49.4 Å². The Morgan fingerprint density at radius 3 is 2.62 bits per heavy atom. The Labute approximate surface area is 264 Å². The number of amides is 2. The Kier molecular flexibility index (Phi) is 9.23. The van der Waals surface area contributed by atoms with Crippen molar-refractivity contribution in [2.24, 2.45) is 11.8 Å². The summed E-state index contributed by atoms with van der Waals surface area (Å²) in [6.07, 6.45) is 3.98. The number of aliphatic hydroxyl groups is 1. The number of ether oxygens (including phenoxy) is 1. The molecule has 0 saturated carbocycles. The van der Waals surface area contributed by atoms with Crippen LogP contribution >= 0.6 is 39.3 Å². The summed E-state index contributed by atoms with van der Waals surface area (Å²) in [6, 6.07) is 13.3. The van der Waals surface area contributed by atoms with Crippen molar-refractivity contribution in [1.82, 2.24) is 4.90 Å². The van der Waals surface area contributed by atoms with E-state index in [0.29, 0.717) is 23.6 Å². The molecule has 10 heteroatoms. The zero-order valence-corrected chi connectivity index (χ0v) is 26.5. The second-order valence-corrected chi connectivity index (χ2v) is 14.1. The standard InChI is InChI=1S/C32H34BrClN2O5S/c1-4-14-35(26-19(3)10-9-13-23(26)34)30(39)28-32-17-22(33)27(42-32)24(31(40)41-15-5-2)25(32)29(38)36(28)21(18-37)16-20-11-7-6-8-12-20/h4-13,21-22,24-25,27-28,37H,1-2,14-18H2,3H3/t21-,22?,24+,25+,27+,28?,32?/m1/s1. The zero-order valence-electron chi connectivity index (χ0n) is 23.3. The van der Waals surface area contributed by atoms with Crippen LogP contribution in [0.5, 0.6) is 0 Å². The van der Waals surface area contributed by atoms with Gasteiger partial charge in [-0.25, -0.2) is 0 Å². The molecule has 42 heavy (non-hydrogen) atoms. The van der Waals surface area contributed by atoms with Crippen LogP contribution in [0, 0.1) is 18.8 Å². The van der Waals surface area contributed by atoms with Gasteiger partial charge in [0.05, 0.1) is 39.9 Å². The van der Waals surface area contributed by atoms with Gasteiger partial charge < -0.3 is 19.6 Å². The largest absolute Gasteiger partial charge is 0.461 e. The van der Waals surface area contributed by atoms with Gasteiger partial charge in [0.25, 0.3) is 5.91 Å². The average Bonchev–Trinajstić information content (AvgIpc) is 3.57. The monoisotopic (exact) mass is 672 g/mol. The number of carbonyl (C=O) groups is 3. The fourth-order valence-electron chi connectivity index (χ4n) is 6.92. The molecule has 0 aromatic heterocycles. The van der Waals surface area contributed by atoms with Gasteiger partial charge in [-0.15, -0.1) is 18.3 Å². The first-order valence-corrected chi connectivity index (χ1v) is 16.1. The topological polar surface area (TPSA) is 87.1 Å². The number of fused-ring (bicyclic) bond motifs is 1. The molecule has 0 radical (unpaired) electrons. The van der Waals surface area contributed by atoms with E-state index in [0.717, 1.165) is 11.1 Å². The molecule has 1 spiro atoms. The molecule has 3 fully saturated rings. The molecule has 222 valence electrons. The van der Waals surface area contributed by atoms with Crippen LogP contribution < -0.4 is 4.90 Å². The molecule has 2 bridgehead atoms. The molecule has 7 atom stereocenters. The van der Waals surface area contributed by atoms with Gasteiger partial charge in [0, 0.05) is 16.6 Å². The van der Waals surface area contributed by atoms with Gasteiger partial charge in [-0.1, -0.05) is 88.7 Å². The first-order valence-electron chi connectivity index (χ1n) is 13.9. The first kappa shape index (κ1) is 30.9. The molecule has 3 aliphatic rings. The fourth-order valence-corrected chi connectivity index (χ4v) is 10.8. The highest BCUT2D eigenvalue weighted by Gasteiger charge is 2.76. The number of rotatable bonds is 11. The van der Waals surface area contributed by atoms with Crippen LogP contribution in [0.1, 0.15) is 17.5 Å². The van der Waals surface area contributed by atoms with Crippen LogP contribution in [0.15, 0.2) is 73.8 Å². The molecule has 2 aromatic carbocycles. The molecule has 1 N–H and O–H groups in total. The highest BCUT2D eigenvalue weighted by Crippen LogP contribution is 2.68. The van der Waals surface area contributed by atoms with E-state index in [2.05, 4.69) is 29.1 Å². The third kappa shape index (κ3) is 5.12. The Balaban J connectivity index is 1.65. The minimum absolute atomic E-state index is 0.0336. The third-order valence-corrected chi connectivity index (χ3v) is 12.1. The lowest BCUT2D eigenvalue weighted by molar-refractivity contribution is -0.153. The van der Waals surface area contributed by atoms with Gasteiger partial charge >= 0.3 is 5.97 Å². The summed E-state index contributed by atoms with van der Waals surface area (Å²) < 4.78 is 4.58. The number of nitrogens with zero attached hydrogens (tertiary/aromatic N) is 2. The summed E-state index contributed by atoms with van der Waals surface area (Å²) in [5.74, 6) is -2.63. The molecule has 3 unspecified atom stereocenters. The molecule has 0 aliphatic carbocycles. The number of aryl methyl sites for hydroxylation is 1. The smallest absolute Gasteiger partial charge is 0.311 e. The van der Waals surface area contributed by atoms with Crippen LogP contribution in [0.2, 0.25) is 5.02 Å². The second kappa shape index (κ2) is 12.6. The van der Waals surface area contributed by atoms with Crippen molar-refractivity contribution in [2.45, 2.75) is 46.7 Å². The van der Waals surface area contributed by atoms with Crippen molar-refractivity contribution in [3.05, 3.63) is 90.0 Å². The SMILES string of the molecule is C=CCOC(=O)[C@H]1[C@H]2C(=O)N([C@@H](CO)Cc3ccccc3)C(C(=O)N(CC=C)c3c(C)cccc3Cl)C23CC(Br)[C@@H]1S3. The highest BCUT2D eigenvalue weighted by molar-refractivity contribution is 9.09. The minimum Gasteiger partial charge on any atom is -0.461 e. The Bertz CT molecular complexity index is 1370. The maximum Gasteiger partial charge on any atom is 0.311 e. The van der Waals surface area contributed by atoms with E-state index in [1.165, 1.54) is 17.8 Å². The van der Waals surface area contributed by atoms with Crippen molar-refractivity contribution in [3.63, 3.8) is 0 Å². The number of anilines is 1. The Morgan fingerprint density at radius 1 is 1.24 bits per heavy atom. The maximum absolute atomic E-state index is 14.9. The van der Waals surface area contributed by atoms with Crippen LogP contribution in [0.3, 0.4) is 0 Å². The summed E-state index contributed by atoms with van der Waals surface area (Å²) in [6.45, 7) is 9.26. The molecule has 3 saturated heterocycles. The predicted molar refractivity (Wildman–Crippen MR) is 170 cm³/mol. The number of hydrogen-bond acceptors (Lipinski definition) is 6. The molecule has 5 rings (SSSR count). The second-order valence-electron chi connectivity index (χ2n) is 11.0. The predicted octanol–water partition coefficient (Wildman–Crippen LogP) is 4.96. The number of aliphatic hydroxyl groups excluding tert-OH is 1. The molecular weight excluding hydrogens is 640 g/mol.